The molecule has 1 amide bonds. The summed E-state index contributed by atoms with van der Waals surface area (Å²) < 4.78 is 0. The number of benzene rings is 3. The first kappa shape index (κ1) is 25.2. The number of nitrogens with zero attached hydrogens (tertiary/aromatic N) is 3. The third-order valence-electron chi connectivity index (χ3n) is 9.07. The molecule has 0 bridgehead atoms. The smallest absolute Gasteiger partial charge is 0.254 e. The minimum atomic E-state index is 0.264. The number of anilines is 1. The molecule has 0 spiro atoms. The predicted octanol–water partition coefficient (Wildman–Crippen LogP) is 6.71. The van der Waals surface area contributed by atoms with Crippen LogP contribution in [0.1, 0.15) is 77.9 Å². The van der Waals surface area contributed by atoms with Crippen LogP contribution in [0.4, 0.5) is 5.69 Å². The van der Waals surface area contributed by atoms with Crippen LogP contribution < -0.4 is 4.90 Å². The van der Waals surface area contributed by atoms with E-state index in [4.69, 9.17) is 0 Å². The molecule has 1 saturated heterocycles. The average molecular weight is 508 g/mol. The number of carbonyl (C=O) groups excluding carboxylic acids is 1. The molecule has 4 heteroatoms. The van der Waals surface area contributed by atoms with Gasteiger partial charge in [-0.15, -0.1) is 0 Å². The molecular weight excluding hydrogens is 466 g/mol. The quantitative estimate of drug-likeness (QED) is 0.333. The monoisotopic (exact) mass is 507 g/mol. The van der Waals surface area contributed by atoms with Gasteiger partial charge in [0.2, 0.25) is 0 Å². The van der Waals surface area contributed by atoms with Crippen LogP contribution in [0.25, 0.3) is 0 Å². The van der Waals surface area contributed by atoms with Gasteiger partial charge in [0.15, 0.2) is 0 Å². The van der Waals surface area contributed by atoms with Crippen LogP contribution in [0.3, 0.4) is 0 Å². The van der Waals surface area contributed by atoms with Crippen molar-refractivity contribution in [2.75, 3.05) is 37.6 Å². The van der Waals surface area contributed by atoms with Crippen molar-refractivity contribution in [2.24, 2.45) is 0 Å². The Bertz CT molecular complexity index is 1160. The van der Waals surface area contributed by atoms with E-state index in [1.54, 1.807) is 0 Å². The summed E-state index contributed by atoms with van der Waals surface area (Å²) in [5.41, 5.74) is 6.18. The van der Waals surface area contributed by atoms with Crippen LogP contribution in [0, 0.1) is 0 Å². The zero-order chi connectivity index (χ0) is 25.7. The van der Waals surface area contributed by atoms with Gasteiger partial charge in [0.05, 0.1) is 0 Å². The Balaban J connectivity index is 1.06. The van der Waals surface area contributed by atoms with E-state index in [1.807, 2.05) is 0 Å². The summed E-state index contributed by atoms with van der Waals surface area (Å²) in [5, 5.41) is 0. The molecule has 0 atom stereocenters. The number of hydrogen-bond acceptors (Lipinski definition) is 3. The third-order valence-corrected chi connectivity index (χ3v) is 9.07. The van der Waals surface area contributed by atoms with E-state index in [0.717, 1.165) is 51.3 Å². The standard InChI is InChI=1S/C34H41N3O/c38-34-33-25-31(18-17-29(33)26-37(34)30-15-9-1-2-10-16-30)36-23-21-35(22-24-36)20-19-32(27-11-5-3-6-12-27)28-13-7-4-8-14-28/h3-8,11-14,17-18,25,30,32H,1-2,9-10,15-16,19-24,26H2. The van der Waals surface area contributed by atoms with Gasteiger partial charge >= 0.3 is 0 Å². The molecule has 4 nitrogen and oxygen atoms in total. The highest BCUT2D eigenvalue weighted by molar-refractivity contribution is 5.99. The Morgan fingerprint density at radius 1 is 0.737 bits per heavy atom. The molecule has 0 aromatic heterocycles. The molecule has 2 fully saturated rings. The second kappa shape index (κ2) is 11.7. The van der Waals surface area contributed by atoms with Gasteiger partial charge in [0.25, 0.3) is 5.91 Å². The Morgan fingerprint density at radius 3 is 2.00 bits per heavy atom. The van der Waals surface area contributed by atoms with Gasteiger partial charge in [-0.1, -0.05) is 92.4 Å². The summed E-state index contributed by atoms with van der Waals surface area (Å²) in [6.45, 7) is 6.06. The van der Waals surface area contributed by atoms with Crippen molar-refractivity contribution in [1.82, 2.24) is 9.80 Å². The minimum absolute atomic E-state index is 0.264. The topological polar surface area (TPSA) is 26.8 Å². The van der Waals surface area contributed by atoms with Gasteiger partial charge in [-0.3, -0.25) is 9.69 Å². The van der Waals surface area contributed by atoms with Gasteiger partial charge in [-0.25, -0.2) is 0 Å². The van der Waals surface area contributed by atoms with E-state index in [2.05, 4.69) is 93.6 Å². The number of hydrogen-bond donors (Lipinski definition) is 0. The SMILES string of the molecule is O=C1c2cc(N3CCN(CCC(c4ccccc4)c4ccccc4)CC3)ccc2CN1C1CCCCCC1. The fourth-order valence-electron chi connectivity index (χ4n) is 6.81. The van der Waals surface area contributed by atoms with Crippen molar-refractivity contribution in [3.05, 3.63) is 101 Å². The lowest BCUT2D eigenvalue weighted by Gasteiger charge is -2.37. The molecule has 3 aromatic carbocycles. The number of amides is 1. The molecule has 6 rings (SSSR count). The molecule has 38 heavy (non-hydrogen) atoms. The highest BCUT2D eigenvalue weighted by Gasteiger charge is 2.33. The molecular formula is C34H41N3O. The molecule has 3 aliphatic rings. The average Bonchev–Trinajstić information content (AvgIpc) is 3.12. The van der Waals surface area contributed by atoms with E-state index in [0.29, 0.717) is 12.0 Å². The van der Waals surface area contributed by atoms with Crippen LogP contribution in [-0.4, -0.2) is 54.5 Å². The Hall–Kier alpha value is -3.11. The summed E-state index contributed by atoms with van der Waals surface area (Å²) >= 11 is 0. The second-order valence-electron chi connectivity index (χ2n) is 11.4. The fourth-order valence-corrected chi connectivity index (χ4v) is 6.81. The van der Waals surface area contributed by atoms with E-state index in [1.165, 1.54) is 60.9 Å². The predicted molar refractivity (Wildman–Crippen MR) is 156 cm³/mol. The van der Waals surface area contributed by atoms with Crippen molar-refractivity contribution in [3.63, 3.8) is 0 Å². The van der Waals surface area contributed by atoms with Crippen molar-refractivity contribution in [3.8, 4) is 0 Å². The molecule has 1 saturated carbocycles. The lowest BCUT2D eigenvalue weighted by Crippen LogP contribution is -2.46. The van der Waals surface area contributed by atoms with E-state index in [-0.39, 0.29) is 5.91 Å². The number of rotatable bonds is 7. The van der Waals surface area contributed by atoms with Crippen LogP contribution in [0.15, 0.2) is 78.9 Å². The summed E-state index contributed by atoms with van der Waals surface area (Å²) in [7, 11) is 0. The highest BCUT2D eigenvalue weighted by atomic mass is 16.2. The summed E-state index contributed by atoms with van der Waals surface area (Å²) in [6, 6.07) is 29.0. The minimum Gasteiger partial charge on any atom is -0.369 e. The largest absolute Gasteiger partial charge is 0.369 e. The molecule has 2 aliphatic heterocycles. The first-order chi connectivity index (χ1) is 18.8. The van der Waals surface area contributed by atoms with Crippen molar-refractivity contribution in [2.45, 2.75) is 63.5 Å². The molecule has 2 heterocycles. The van der Waals surface area contributed by atoms with E-state index in [9.17, 15) is 4.79 Å². The van der Waals surface area contributed by atoms with Crippen LogP contribution in [0.2, 0.25) is 0 Å². The van der Waals surface area contributed by atoms with Gasteiger partial charge in [-0.05, 0) is 54.6 Å². The highest BCUT2D eigenvalue weighted by Crippen LogP contribution is 2.33. The maximum Gasteiger partial charge on any atom is 0.254 e. The molecule has 0 radical (unpaired) electrons. The zero-order valence-electron chi connectivity index (χ0n) is 22.6. The van der Waals surface area contributed by atoms with E-state index < -0.39 is 0 Å². The Morgan fingerprint density at radius 2 is 1.37 bits per heavy atom. The summed E-state index contributed by atoms with van der Waals surface area (Å²) in [5.74, 6) is 0.690. The second-order valence-corrected chi connectivity index (χ2v) is 11.4. The maximum atomic E-state index is 13.4. The molecule has 0 unspecified atom stereocenters. The number of fused-ring (bicyclic) bond motifs is 1. The summed E-state index contributed by atoms with van der Waals surface area (Å²) in [6.07, 6.45) is 8.63. The van der Waals surface area contributed by atoms with Gasteiger partial charge in [-0.2, -0.15) is 0 Å². The van der Waals surface area contributed by atoms with Crippen molar-refractivity contribution in [1.29, 1.82) is 0 Å². The molecule has 3 aromatic rings. The van der Waals surface area contributed by atoms with Crippen LogP contribution in [-0.2, 0) is 6.54 Å². The first-order valence-electron chi connectivity index (χ1n) is 14.8. The van der Waals surface area contributed by atoms with Crippen molar-refractivity contribution < 1.29 is 4.79 Å². The molecule has 0 N–H and O–H groups in total. The molecule has 198 valence electrons. The maximum absolute atomic E-state index is 13.4. The Kier molecular flexibility index (Phi) is 7.78. The first-order valence-corrected chi connectivity index (χ1v) is 14.8. The van der Waals surface area contributed by atoms with Gasteiger partial charge in [0, 0.05) is 55.9 Å². The van der Waals surface area contributed by atoms with Crippen molar-refractivity contribution >= 4 is 11.6 Å². The number of piperazine rings is 1. The third kappa shape index (κ3) is 5.51. The number of carbonyl (C=O) groups is 1. The molecule has 1 aliphatic carbocycles. The van der Waals surface area contributed by atoms with Crippen LogP contribution >= 0.6 is 0 Å². The Labute approximate surface area is 228 Å². The van der Waals surface area contributed by atoms with Gasteiger partial charge in [0.1, 0.15) is 0 Å². The normalized spacial score (nSPS) is 19.1. The summed E-state index contributed by atoms with van der Waals surface area (Å²) in [4.78, 5) is 20.6. The zero-order valence-corrected chi connectivity index (χ0v) is 22.6. The lowest BCUT2D eigenvalue weighted by atomic mass is 9.88. The fraction of sp³-hybridized carbons (Fsp3) is 0.441. The lowest BCUT2D eigenvalue weighted by molar-refractivity contribution is 0.0686. The van der Waals surface area contributed by atoms with Gasteiger partial charge < -0.3 is 9.80 Å². The van der Waals surface area contributed by atoms with E-state index >= 15 is 0 Å². The van der Waals surface area contributed by atoms with Crippen LogP contribution in [0.5, 0.6) is 0 Å².